The van der Waals surface area contributed by atoms with Gasteiger partial charge in [0.05, 0.1) is 11.0 Å². The summed E-state index contributed by atoms with van der Waals surface area (Å²) < 4.78 is 14.4. The SMILES string of the molecule is CC1CC=C2C3C4=C5C=C(Cc6cccc(c6)CCCCC6C57C(=O)OC(=CCC(C5CCCC5)N5CC8CC(CN2C8)C5)C7(CC4)C62OC(=O)c4c(CCCN)cccc42)C13. The lowest BCUT2D eigenvalue weighted by Gasteiger charge is -2.71. The summed E-state index contributed by atoms with van der Waals surface area (Å²) in [6.45, 7) is 7.65. The van der Waals surface area contributed by atoms with Crippen LogP contribution < -0.4 is 5.73 Å². The maximum Gasteiger partial charge on any atom is 0.339 e. The molecule has 10 atom stereocenters. The average molecular weight is 832 g/mol. The number of hydrogen-bond acceptors (Lipinski definition) is 7. The fourth-order valence-corrected chi connectivity index (χ4v) is 17.1. The lowest BCUT2D eigenvalue weighted by atomic mass is 9.29. The van der Waals surface area contributed by atoms with Gasteiger partial charge in [-0.15, -0.1) is 0 Å². The molecule has 8 heterocycles. The van der Waals surface area contributed by atoms with E-state index < -0.39 is 16.4 Å². The first-order valence-electron chi connectivity index (χ1n) is 25.0. The summed E-state index contributed by atoms with van der Waals surface area (Å²) in [5.74, 6) is 3.35. The molecule has 13 bridgehead atoms. The highest BCUT2D eigenvalue weighted by Crippen LogP contribution is 2.87. The number of piperidine rings is 2. The Morgan fingerprint density at radius 1 is 0.887 bits per heavy atom. The molecule has 14 aliphatic rings. The smallest absolute Gasteiger partial charge is 0.339 e. The van der Waals surface area contributed by atoms with E-state index in [9.17, 15) is 4.79 Å². The molecule has 324 valence electrons. The topological polar surface area (TPSA) is 85.1 Å². The van der Waals surface area contributed by atoms with Gasteiger partial charge in [0.2, 0.25) is 0 Å². The summed E-state index contributed by atoms with van der Waals surface area (Å²) in [6, 6.07) is 16.3. The number of ether oxygens (including phenoxy) is 2. The zero-order chi connectivity index (χ0) is 41.5. The van der Waals surface area contributed by atoms with E-state index in [2.05, 4.69) is 77.4 Å². The second kappa shape index (κ2) is 14.0. The largest absolute Gasteiger partial charge is 0.449 e. The molecule has 2 saturated carbocycles. The van der Waals surface area contributed by atoms with Crippen LogP contribution >= 0.6 is 0 Å². The number of esters is 2. The molecule has 0 aromatic heterocycles. The van der Waals surface area contributed by atoms with Crippen LogP contribution in [0.4, 0.5) is 0 Å². The van der Waals surface area contributed by atoms with Crippen LogP contribution in [0.3, 0.4) is 0 Å². The quantitative estimate of drug-likeness (QED) is 0.308. The number of carbonyl (C=O) groups is 2. The minimum absolute atomic E-state index is 0.0826. The van der Waals surface area contributed by atoms with Crippen molar-refractivity contribution >= 4 is 11.9 Å². The Kier molecular flexibility index (Phi) is 8.71. The number of allylic oxidation sites excluding steroid dienone is 4. The van der Waals surface area contributed by atoms with Crippen molar-refractivity contribution in [3.05, 3.63) is 117 Å². The molecular weight excluding hydrogens is 767 g/mol. The third-order valence-electron chi connectivity index (χ3n) is 19.1. The average Bonchev–Trinajstić information content (AvgIpc) is 3.97. The maximum atomic E-state index is 16.0. The van der Waals surface area contributed by atoms with Crippen LogP contribution in [0.15, 0.2) is 88.9 Å². The molecule has 2 aromatic rings. The molecule has 8 aliphatic heterocycles. The van der Waals surface area contributed by atoms with Crippen molar-refractivity contribution in [2.45, 2.75) is 121 Å². The molecular formula is C55H65N3O4. The predicted molar refractivity (Wildman–Crippen MR) is 239 cm³/mol. The monoisotopic (exact) mass is 831 g/mol. The van der Waals surface area contributed by atoms with E-state index in [4.69, 9.17) is 15.2 Å². The van der Waals surface area contributed by atoms with Gasteiger partial charge >= 0.3 is 11.9 Å². The van der Waals surface area contributed by atoms with Crippen LogP contribution in [0.5, 0.6) is 0 Å². The van der Waals surface area contributed by atoms with Gasteiger partial charge in [0.1, 0.15) is 11.2 Å². The first-order chi connectivity index (χ1) is 30.4. The first-order valence-corrected chi connectivity index (χ1v) is 25.0. The van der Waals surface area contributed by atoms with Gasteiger partial charge in [-0.05, 0) is 148 Å². The fourth-order valence-electron chi connectivity index (χ4n) is 17.1. The van der Waals surface area contributed by atoms with E-state index in [1.807, 2.05) is 0 Å². The highest BCUT2D eigenvalue weighted by Gasteiger charge is 2.92. The Balaban J connectivity index is 1.09. The number of hydrogen-bond donors (Lipinski definition) is 1. The van der Waals surface area contributed by atoms with Crippen molar-refractivity contribution in [2.75, 3.05) is 32.7 Å². The standard InChI is InChI=1S/C55H65N3O4/c1-33-18-19-45-50-41-22-23-53-47(21-20-44(38-12-3-4-13-38)57-29-36-26-37(30-57)32-58(45)31-36)61-52(60)54(53)43(41)28-40(48(33)50)27-35-11-6-10-34(25-35)9-2-5-17-46(54)55(53)42-16-7-14-39(15-8-24-56)49(42)51(59)62-55/h6-7,10-11,14,16,19,21,25,28,33,36-38,44,46,48,50H,2-5,8-9,12-13,15,17-18,20,22-24,26-27,29-32,56H2,1H3. The van der Waals surface area contributed by atoms with Crippen LogP contribution in [-0.2, 0) is 39.1 Å². The van der Waals surface area contributed by atoms with Crippen LogP contribution in [-0.4, -0.2) is 60.5 Å². The molecule has 0 amide bonds. The van der Waals surface area contributed by atoms with Gasteiger partial charge in [0.25, 0.3) is 0 Å². The Hall–Kier alpha value is -3.94. The molecule has 3 saturated heterocycles. The van der Waals surface area contributed by atoms with Crippen molar-refractivity contribution in [1.29, 1.82) is 0 Å². The highest BCUT2D eigenvalue weighted by molar-refractivity contribution is 6.00. The number of nitrogens with zero attached hydrogens (tertiary/aromatic N) is 2. The highest BCUT2D eigenvalue weighted by atomic mass is 16.6. The molecule has 16 rings (SSSR count). The summed E-state index contributed by atoms with van der Waals surface area (Å²) in [5, 5.41) is 0. The first kappa shape index (κ1) is 38.5. The van der Waals surface area contributed by atoms with Crippen molar-refractivity contribution < 1.29 is 19.1 Å². The second-order valence-corrected chi connectivity index (χ2v) is 22.0. The van der Waals surface area contributed by atoms with E-state index >= 15 is 4.79 Å². The van der Waals surface area contributed by atoms with Gasteiger partial charge in [-0.1, -0.05) is 91.9 Å². The Labute approximate surface area is 368 Å². The van der Waals surface area contributed by atoms with Crippen LogP contribution in [0, 0.1) is 52.3 Å². The summed E-state index contributed by atoms with van der Waals surface area (Å²) in [6.07, 6.45) is 24.0. The molecule has 62 heavy (non-hydrogen) atoms. The van der Waals surface area contributed by atoms with Crippen LogP contribution in [0.2, 0.25) is 0 Å². The Morgan fingerprint density at radius 3 is 2.53 bits per heavy atom. The van der Waals surface area contributed by atoms with Gasteiger partial charge in [-0.2, -0.15) is 0 Å². The van der Waals surface area contributed by atoms with E-state index in [-0.39, 0.29) is 23.8 Å². The third kappa shape index (κ3) is 4.96. The summed E-state index contributed by atoms with van der Waals surface area (Å²) in [7, 11) is 0. The molecule has 5 fully saturated rings. The zero-order valence-corrected chi connectivity index (χ0v) is 36.8. The van der Waals surface area contributed by atoms with Gasteiger partial charge in [-0.25, -0.2) is 4.79 Å². The maximum absolute atomic E-state index is 16.0. The molecule has 7 nitrogen and oxygen atoms in total. The van der Waals surface area contributed by atoms with Crippen molar-refractivity contribution in [3.8, 4) is 0 Å². The zero-order valence-electron chi connectivity index (χ0n) is 36.8. The second-order valence-electron chi connectivity index (χ2n) is 22.0. The third-order valence-corrected chi connectivity index (χ3v) is 19.1. The summed E-state index contributed by atoms with van der Waals surface area (Å²) in [4.78, 5) is 36.7. The minimum Gasteiger partial charge on any atom is -0.449 e. The van der Waals surface area contributed by atoms with Gasteiger partial charge in [0, 0.05) is 55.3 Å². The van der Waals surface area contributed by atoms with Gasteiger partial charge < -0.3 is 20.1 Å². The molecule has 7 heteroatoms. The molecule has 2 N–H and O–H groups in total. The van der Waals surface area contributed by atoms with Gasteiger partial charge in [0.15, 0.2) is 5.60 Å². The van der Waals surface area contributed by atoms with E-state index in [1.165, 1.54) is 60.0 Å². The lowest BCUT2D eigenvalue weighted by molar-refractivity contribution is -0.275. The molecule has 10 unspecified atom stereocenters. The van der Waals surface area contributed by atoms with E-state index in [0.717, 1.165) is 119 Å². The minimum atomic E-state index is -0.992. The number of carbonyl (C=O) groups excluding carboxylic acids is 2. The summed E-state index contributed by atoms with van der Waals surface area (Å²) in [5.41, 5.74) is 14.7. The van der Waals surface area contributed by atoms with Gasteiger partial charge in [-0.3, -0.25) is 9.69 Å². The number of benzene rings is 2. The predicted octanol–water partition coefficient (Wildman–Crippen LogP) is 9.36. The van der Waals surface area contributed by atoms with Crippen LogP contribution in [0.1, 0.15) is 123 Å². The molecule has 0 radical (unpaired) electrons. The van der Waals surface area contributed by atoms with Crippen LogP contribution in [0.25, 0.3) is 0 Å². The number of aryl methyl sites for hydroxylation is 2. The number of fused-ring (bicyclic) bond motifs is 6. The van der Waals surface area contributed by atoms with E-state index in [0.29, 0.717) is 42.2 Å². The fraction of sp³-hybridized carbons (Fsp3) is 0.600. The number of rotatable bonds is 4. The molecule has 2 aromatic carbocycles. The van der Waals surface area contributed by atoms with Crippen molar-refractivity contribution in [1.82, 2.24) is 9.80 Å². The van der Waals surface area contributed by atoms with Crippen molar-refractivity contribution in [3.63, 3.8) is 0 Å². The summed E-state index contributed by atoms with van der Waals surface area (Å²) >= 11 is 0. The normalized spacial score (nSPS) is 40.1. The van der Waals surface area contributed by atoms with E-state index in [1.54, 1.807) is 5.70 Å². The lowest BCUT2D eigenvalue weighted by Crippen LogP contribution is -2.77. The number of nitrogens with two attached hydrogens (primary N) is 1. The Bertz CT molecular complexity index is 2370. The van der Waals surface area contributed by atoms with Crippen molar-refractivity contribution in [2.24, 2.45) is 58.0 Å². The molecule has 3 spiro atoms. The Morgan fingerprint density at radius 2 is 1.69 bits per heavy atom. The molecule has 6 aliphatic carbocycles.